The Labute approximate surface area is 181 Å². The third kappa shape index (κ3) is 6.16. The molecule has 1 aromatic heterocycles. The third-order valence-electron chi connectivity index (χ3n) is 4.31. The van der Waals surface area contributed by atoms with E-state index in [4.69, 9.17) is 9.15 Å². The number of carbonyl (C=O) groups excluding carboxylic acids is 2. The highest BCUT2D eigenvalue weighted by atomic mass is 19.4. The molecule has 0 radical (unpaired) electrons. The quantitative estimate of drug-likeness (QED) is 0.494. The SMILES string of the molecule is CCCOC(=O)c1ccc(NC(=O)CCc2nnc(-c3cccc(C(F)(F)F)c3)o2)cc1. The normalized spacial score (nSPS) is 11.2. The van der Waals surface area contributed by atoms with E-state index in [-0.39, 0.29) is 36.1 Å². The largest absolute Gasteiger partial charge is 0.462 e. The Hall–Kier alpha value is -3.69. The van der Waals surface area contributed by atoms with Crippen LogP contribution in [0.3, 0.4) is 0 Å². The van der Waals surface area contributed by atoms with Crippen molar-refractivity contribution in [3.63, 3.8) is 0 Å². The molecule has 7 nitrogen and oxygen atoms in total. The Morgan fingerprint density at radius 2 is 1.84 bits per heavy atom. The fourth-order valence-electron chi connectivity index (χ4n) is 2.71. The number of aromatic nitrogens is 2. The highest BCUT2D eigenvalue weighted by Gasteiger charge is 2.30. The lowest BCUT2D eigenvalue weighted by Crippen LogP contribution is -2.13. The van der Waals surface area contributed by atoms with E-state index >= 15 is 0 Å². The summed E-state index contributed by atoms with van der Waals surface area (Å²) in [5, 5.41) is 10.2. The molecule has 168 valence electrons. The van der Waals surface area contributed by atoms with Crippen molar-refractivity contribution < 1.29 is 31.9 Å². The van der Waals surface area contributed by atoms with Gasteiger partial charge in [0, 0.05) is 24.1 Å². The fourth-order valence-corrected chi connectivity index (χ4v) is 2.71. The van der Waals surface area contributed by atoms with Crippen molar-refractivity contribution in [2.24, 2.45) is 0 Å². The van der Waals surface area contributed by atoms with Crippen LogP contribution in [0.1, 0.15) is 41.6 Å². The number of rotatable bonds is 8. The standard InChI is InChI=1S/C22H20F3N3O4/c1-2-12-31-21(30)14-6-8-17(9-7-14)26-18(29)10-11-19-27-28-20(32-19)15-4-3-5-16(13-15)22(23,24)25/h3-9,13H,2,10-12H2,1H3,(H,26,29). The van der Waals surface area contributed by atoms with Gasteiger partial charge in [-0.2, -0.15) is 13.2 Å². The summed E-state index contributed by atoms with van der Waals surface area (Å²) in [7, 11) is 0. The molecule has 2 aromatic carbocycles. The first-order chi connectivity index (χ1) is 15.3. The molecule has 1 amide bonds. The van der Waals surface area contributed by atoms with E-state index in [1.165, 1.54) is 12.1 Å². The number of amides is 1. The molecule has 0 aliphatic rings. The maximum absolute atomic E-state index is 12.9. The van der Waals surface area contributed by atoms with Crippen molar-refractivity contribution in [2.45, 2.75) is 32.4 Å². The van der Waals surface area contributed by atoms with Crippen LogP contribution in [0.2, 0.25) is 0 Å². The number of anilines is 1. The molecule has 0 saturated heterocycles. The number of benzene rings is 2. The molecule has 0 aliphatic carbocycles. The predicted molar refractivity (Wildman–Crippen MR) is 109 cm³/mol. The topological polar surface area (TPSA) is 94.3 Å². The molecule has 10 heteroatoms. The highest BCUT2D eigenvalue weighted by Crippen LogP contribution is 2.31. The van der Waals surface area contributed by atoms with Gasteiger partial charge in [-0.1, -0.05) is 13.0 Å². The number of ether oxygens (including phenoxy) is 1. The fraction of sp³-hybridized carbons (Fsp3) is 0.273. The van der Waals surface area contributed by atoms with Crippen LogP contribution < -0.4 is 5.32 Å². The maximum atomic E-state index is 12.9. The Morgan fingerprint density at radius 3 is 2.53 bits per heavy atom. The predicted octanol–water partition coefficient (Wildman–Crippen LogP) is 4.89. The van der Waals surface area contributed by atoms with E-state index in [9.17, 15) is 22.8 Å². The van der Waals surface area contributed by atoms with E-state index in [1.54, 1.807) is 24.3 Å². The van der Waals surface area contributed by atoms with Gasteiger partial charge in [-0.25, -0.2) is 4.79 Å². The van der Waals surface area contributed by atoms with E-state index < -0.39 is 17.7 Å². The first-order valence-corrected chi connectivity index (χ1v) is 9.83. The van der Waals surface area contributed by atoms with Crippen LogP contribution in [-0.4, -0.2) is 28.7 Å². The zero-order valence-electron chi connectivity index (χ0n) is 17.1. The van der Waals surface area contributed by atoms with Gasteiger partial charge in [0.2, 0.25) is 17.7 Å². The van der Waals surface area contributed by atoms with Crippen LogP contribution in [0.15, 0.2) is 52.9 Å². The van der Waals surface area contributed by atoms with Gasteiger partial charge in [-0.3, -0.25) is 4.79 Å². The Bertz CT molecular complexity index is 1080. The lowest BCUT2D eigenvalue weighted by Gasteiger charge is -2.07. The summed E-state index contributed by atoms with van der Waals surface area (Å²) >= 11 is 0. The van der Waals surface area contributed by atoms with Crippen molar-refractivity contribution in [3.8, 4) is 11.5 Å². The molecular weight excluding hydrogens is 427 g/mol. The minimum atomic E-state index is -4.48. The number of hydrogen-bond donors (Lipinski definition) is 1. The molecule has 3 aromatic rings. The first-order valence-electron chi connectivity index (χ1n) is 9.83. The van der Waals surface area contributed by atoms with Gasteiger partial charge in [-0.05, 0) is 48.9 Å². The molecule has 0 bridgehead atoms. The van der Waals surface area contributed by atoms with Crippen molar-refractivity contribution >= 4 is 17.6 Å². The summed E-state index contributed by atoms with van der Waals surface area (Å²) in [5.74, 6) is -0.693. The summed E-state index contributed by atoms with van der Waals surface area (Å²) in [4.78, 5) is 23.9. The molecule has 0 atom stereocenters. The summed E-state index contributed by atoms with van der Waals surface area (Å²) in [5.41, 5.74) is 0.195. The minimum Gasteiger partial charge on any atom is -0.462 e. The zero-order valence-corrected chi connectivity index (χ0v) is 17.1. The van der Waals surface area contributed by atoms with Gasteiger partial charge >= 0.3 is 12.1 Å². The van der Waals surface area contributed by atoms with Crippen LogP contribution in [0, 0.1) is 0 Å². The van der Waals surface area contributed by atoms with E-state index in [0.717, 1.165) is 18.6 Å². The van der Waals surface area contributed by atoms with Crippen molar-refractivity contribution in [1.82, 2.24) is 10.2 Å². The second kappa shape index (κ2) is 10.1. The molecule has 1 heterocycles. The average Bonchev–Trinajstić information content (AvgIpc) is 3.25. The smallest absolute Gasteiger partial charge is 0.416 e. The number of esters is 1. The molecular formula is C22H20F3N3O4. The van der Waals surface area contributed by atoms with Crippen molar-refractivity contribution in [3.05, 3.63) is 65.5 Å². The van der Waals surface area contributed by atoms with Crippen LogP contribution in [0.5, 0.6) is 0 Å². The van der Waals surface area contributed by atoms with Crippen LogP contribution in [0.25, 0.3) is 11.5 Å². The highest BCUT2D eigenvalue weighted by molar-refractivity contribution is 5.93. The number of carbonyl (C=O) groups is 2. The number of hydrogen-bond acceptors (Lipinski definition) is 6. The molecule has 3 rings (SSSR count). The number of alkyl halides is 3. The van der Waals surface area contributed by atoms with Crippen molar-refractivity contribution in [1.29, 1.82) is 0 Å². The van der Waals surface area contributed by atoms with Gasteiger partial charge in [0.05, 0.1) is 17.7 Å². The lowest BCUT2D eigenvalue weighted by atomic mass is 10.1. The van der Waals surface area contributed by atoms with Crippen LogP contribution in [-0.2, 0) is 22.1 Å². The Morgan fingerprint density at radius 1 is 1.09 bits per heavy atom. The van der Waals surface area contributed by atoms with E-state index in [1.807, 2.05) is 6.92 Å². The van der Waals surface area contributed by atoms with Gasteiger partial charge in [0.1, 0.15) is 0 Å². The van der Waals surface area contributed by atoms with Gasteiger partial charge in [-0.15, -0.1) is 10.2 Å². The third-order valence-corrected chi connectivity index (χ3v) is 4.31. The van der Waals surface area contributed by atoms with Gasteiger partial charge < -0.3 is 14.5 Å². The second-order valence-electron chi connectivity index (χ2n) is 6.84. The summed E-state index contributed by atoms with van der Waals surface area (Å²) in [6.45, 7) is 2.23. The monoisotopic (exact) mass is 447 g/mol. The van der Waals surface area contributed by atoms with E-state index in [2.05, 4.69) is 15.5 Å². The minimum absolute atomic E-state index is 0.0184. The van der Waals surface area contributed by atoms with Gasteiger partial charge in [0.25, 0.3) is 0 Å². The molecule has 0 saturated carbocycles. The molecule has 0 aliphatic heterocycles. The summed E-state index contributed by atoms with van der Waals surface area (Å²) in [6.07, 6.45) is -3.63. The summed E-state index contributed by atoms with van der Waals surface area (Å²) < 4.78 is 49.0. The van der Waals surface area contributed by atoms with Crippen molar-refractivity contribution in [2.75, 3.05) is 11.9 Å². The number of nitrogens with one attached hydrogen (secondary N) is 1. The maximum Gasteiger partial charge on any atom is 0.416 e. The average molecular weight is 447 g/mol. The second-order valence-corrected chi connectivity index (χ2v) is 6.84. The molecule has 0 unspecified atom stereocenters. The number of halogens is 3. The first kappa shape index (κ1) is 23.0. The number of aryl methyl sites for hydroxylation is 1. The zero-order chi connectivity index (χ0) is 23.1. The molecule has 1 N–H and O–H groups in total. The van der Waals surface area contributed by atoms with E-state index in [0.29, 0.717) is 17.9 Å². The van der Waals surface area contributed by atoms with Gasteiger partial charge in [0.15, 0.2) is 0 Å². The van der Waals surface area contributed by atoms with Crippen LogP contribution >= 0.6 is 0 Å². The molecule has 32 heavy (non-hydrogen) atoms. The number of nitrogens with zero attached hydrogens (tertiary/aromatic N) is 2. The Kier molecular flexibility index (Phi) is 7.24. The molecule has 0 fully saturated rings. The Balaban J connectivity index is 1.54. The lowest BCUT2D eigenvalue weighted by molar-refractivity contribution is -0.137. The van der Waals surface area contributed by atoms with Crippen LogP contribution in [0.4, 0.5) is 18.9 Å². The summed E-state index contributed by atoms with van der Waals surface area (Å²) in [6, 6.07) is 10.8. The molecule has 0 spiro atoms.